The number of hydrogen-bond acceptors (Lipinski definition) is 20. The third-order valence-corrected chi connectivity index (χ3v) is 11.7. The van der Waals surface area contributed by atoms with E-state index in [-0.39, 0.29) is 117 Å². The molecule has 1 saturated carbocycles. The summed E-state index contributed by atoms with van der Waals surface area (Å²) in [7, 11) is 0. The Labute approximate surface area is 412 Å². The van der Waals surface area contributed by atoms with Gasteiger partial charge in [0.05, 0.1) is 95.5 Å². The molecule has 2 amide bonds. The number of aromatic nitrogens is 1. The van der Waals surface area contributed by atoms with Gasteiger partial charge in [-0.15, -0.1) is 0 Å². The zero-order chi connectivity index (χ0) is 50.7. The van der Waals surface area contributed by atoms with Gasteiger partial charge in [0.15, 0.2) is 11.6 Å². The standard InChI is InChI=1S/C46H58ClF2N5O17/c1-30-33(13-14-50-43(30)66-16-3-17-68-46(57)69-23-19-63-21-25-71-54(60)61)27-51(34-9-10-34)44(55)40-36(26-35-28-64-29-39(40)52(35)45(56)67-22-18-62-20-24-70-53(58)59)32-7-5-31(6-8-32)4-2-15-65-42-38(49)12-11-37(48)41(42)47/h5-8,11-14,34-35,39,58-61H,2-4,9-10,15-29H2,1H3. The predicted molar refractivity (Wildman–Crippen MR) is 239 cm³/mol. The fourth-order valence-corrected chi connectivity index (χ4v) is 8.04. The molecule has 0 radical (unpaired) electrons. The Kier molecular flexibility index (Phi) is 21.7. The number of rotatable bonds is 29. The third-order valence-electron chi connectivity index (χ3n) is 11.4. The van der Waals surface area contributed by atoms with Crippen molar-refractivity contribution in [2.24, 2.45) is 0 Å². The Morgan fingerprint density at radius 2 is 1.42 bits per heavy atom. The molecule has 1 aliphatic carbocycles. The molecule has 2 aromatic carbocycles. The summed E-state index contributed by atoms with van der Waals surface area (Å²) in [6.45, 7) is 2.07. The van der Waals surface area contributed by atoms with E-state index in [1.165, 1.54) is 0 Å². The van der Waals surface area contributed by atoms with Gasteiger partial charge in [0, 0.05) is 36.3 Å². The molecule has 1 aromatic heterocycles. The fourth-order valence-electron chi connectivity index (χ4n) is 7.84. The van der Waals surface area contributed by atoms with Crippen molar-refractivity contribution in [3.05, 3.63) is 93.1 Å². The van der Waals surface area contributed by atoms with E-state index in [1.54, 1.807) is 11.1 Å². The van der Waals surface area contributed by atoms with E-state index in [1.807, 2.05) is 42.2 Å². The van der Waals surface area contributed by atoms with Crippen molar-refractivity contribution >= 4 is 35.3 Å². The molecule has 2 fully saturated rings. The number of morpholine rings is 1. The van der Waals surface area contributed by atoms with Gasteiger partial charge in [-0.3, -0.25) is 30.5 Å². The van der Waals surface area contributed by atoms with Gasteiger partial charge < -0.3 is 42.8 Å². The molecule has 2 atom stereocenters. The van der Waals surface area contributed by atoms with E-state index in [9.17, 15) is 18.4 Å². The van der Waals surface area contributed by atoms with Crippen molar-refractivity contribution in [3.63, 3.8) is 0 Å². The molecule has 4 N–H and O–H groups in total. The minimum Gasteiger partial charge on any atom is -0.489 e. The van der Waals surface area contributed by atoms with Gasteiger partial charge in [0.25, 0.3) is 5.91 Å². The number of benzene rings is 2. The smallest absolute Gasteiger partial charge is 0.489 e. The maximum absolute atomic E-state index is 15.3. The summed E-state index contributed by atoms with van der Waals surface area (Å²) in [5.74, 6) is -1.81. The first-order valence-electron chi connectivity index (χ1n) is 22.9. The number of pyridine rings is 1. The molecule has 390 valence electrons. The van der Waals surface area contributed by atoms with E-state index >= 15 is 4.79 Å². The van der Waals surface area contributed by atoms with Gasteiger partial charge in [-0.2, -0.15) is 0 Å². The van der Waals surface area contributed by atoms with E-state index < -0.39 is 51.8 Å². The number of carbonyl (C=O) groups is 3. The van der Waals surface area contributed by atoms with Gasteiger partial charge in [0.2, 0.25) is 5.88 Å². The molecule has 2 aliphatic heterocycles. The van der Waals surface area contributed by atoms with Crippen LogP contribution in [0.25, 0.3) is 5.57 Å². The summed E-state index contributed by atoms with van der Waals surface area (Å²) in [6.07, 6.45) is 3.19. The van der Waals surface area contributed by atoms with Gasteiger partial charge in [-0.25, -0.2) is 33.0 Å². The number of hydrogen-bond donors (Lipinski definition) is 4. The lowest BCUT2D eigenvalue weighted by molar-refractivity contribution is -0.493. The van der Waals surface area contributed by atoms with Gasteiger partial charge >= 0.3 is 12.2 Å². The van der Waals surface area contributed by atoms with E-state index in [4.69, 9.17) is 70.3 Å². The first kappa shape index (κ1) is 55.0. The summed E-state index contributed by atoms with van der Waals surface area (Å²) in [4.78, 5) is 57.7. The van der Waals surface area contributed by atoms with Crippen LogP contribution in [0.3, 0.4) is 0 Å². The molecule has 0 spiro atoms. The lowest BCUT2D eigenvalue weighted by Crippen LogP contribution is -2.60. The second-order valence-electron chi connectivity index (χ2n) is 16.3. The Morgan fingerprint density at radius 1 is 0.775 bits per heavy atom. The van der Waals surface area contributed by atoms with Crippen molar-refractivity contribution in [2.45, 2.75) is 70.1 Å². The van der Waals surface area contributed by atoms with Crippen LogP contribution >= 0.6 is 11.6 Å². The van der Waals surface area contributed by atoms with Crippen LogP contribution in [0.5, 0.6) is 11.6 Å². The summed E-state index contributed by atoms with van der Waals surface area (Å²) in [5.41, 5.74) is 4.36. The SMILES string of the molecule is Cc1c(CN(C(=O)C2=C(c3ccc(CCCOc4c(F)ccc(F)c4Cl)cc3)CC3COCC2N3C(=O)OCCOCCON(O)O)C2CC2)ccnc1OCCCOC(=O)OCCOCCON(O)O. The normalized spacial score (nSPS) is 16.6. The topological polar surface area (TPSA) is 250 Å². The summed E-state index contributed by atoms with van der Waals surface area (Å²) in [5, 5.41) is 33.1. The minimum atomic E-state index is -0.896. The predicted octanol–water partition coefficient (Wildman–Crippen LogP) is 5.87. The maximum Gasteiger partial charge on any atom is 0.508 e. The zero-order valence-electron chi connectivity index (χ0n) is 39.0. The highest BCUT2D eigenvalue weighted by Crippen LogP contribution is 2.41. The Bertz CT molecular complexity index is 2240. The molecule has 2 bridgehead atoms. The minimum absolute atomic E-state index is 0.000444. The molecular formula is C46H58ClF2N5O17. The second-order valence-corrected chi connectivity index (χ2v) is 16.6. The van der Waals surface area contributed by atoms with Crippen molar-refractivity contribution in [3.8, 4) is 11.6 Å². The van der Waals surface area contributed by atoms with Crippen LogP contribution < -0.4 is 9.47 Å². The van der Waals surface area contributed by atoms with Crippen LogP contribution in [0, 0.1) is 18.6 Å². The number of aryl methyl sites for hydroxylation is 1. The molecule has 6 rings (SSSR count). The van der Waals surface area contributed by atoms with E-state index in [0.29, 0.717) is 36.3 Å². The Morgan fingerprint density at radius 3 is 2.11 bits per heavy atom. The summed E-state index contributed by atoms with van der Waals surface area (Å²) in [6, 6.07) is 10.1. The number of amides is 2. The van der Waals surface area contributed by atoms with Gasteiger partial charge in [0.1, 0.15) is 24.1 Å². The summed E-state index contributed by atoms with van der Waals surface area (Å²) < 4.78 is 71.8. The quantitative estimate of drug-likeness (QED) is 0.0275. The highest BCUT2D eigenvalue weighted by molar-refractivity contribution is 6.32. The second kappa shape index (κ2) is 28.0. The average Bonchev–Trinajstić information content (AvgIpc) is 4.19. The average molecular weight is 1030 g/mol. The van der Waals surface area contributed by atoms with E-state index in [2.05, 4.69) is 14.7 Å². The molecule has 71 heavy (non-hydrogen) atoms. The van der Waals surface area contributed by atoms with Crippen molar-refractivity contribution < 1.29 is 91.6 Å². The number of fused-ring (bicyclic) bond motifs is 2. The fraction of sp³-hybridized carbons (Fsp3) is 0.522. The first-order valence-corrected chi connectivity index (χ1v) is 23.3. The van der Waals surface area contributed by atoms with E-state index in [0.717, 1.165) is 47.2 Å². The van der Waals surface area contributed by atoms with Crippen LogP contribution in [0.15, 0.2) is 54.2 Å². The largest absolute Gasteiger partial charge is 0.508 e. The molecular weight excluding hydrogens is 968 g/mol. The molecule has 3 aromatic rings. The summed E-state index contributed by atoms with van der Waals surface area (Å²) >= 11 is 5.92. The lowest BCUT2D eigenvalue weighted by Gasteiger charge is -2.47. The highest BCUT2D eigenvalue weighted by atomic mass is 35.5. The molecule has 3 aliphatic rings. The van der Waals surface area contributed by atoms with Crippen LogP contribution in [0.1, 0.15) is 54.4 Å². The van der Waals surface area contributed by atoms with Gasteiger partial charge in [-0.1, -0.05) is 35.9 Å². The molecule has 3 heterocycles. The number of ether oxygens (including phenoxy) is 8. The molecule has 1 saturated heterocycles. The van der Waals surface area contributed by atoms with Crippen LogP contribution in [-0.4, -0.2) is 169 Å². The Balaban J connectivity index is 1.13. The van der Waals surface area contributed by atoms with Crippen LogP contribution in [0.4, 0.5) is 18.4 Å². The number of carbonyl (C=O) groups excluding carboxylic acids is 3. The lowest BCUT2D eigenvalue weighted by atomic mass is 9.82. The zero-order valence-corrected chi connectivity index (χ0v) is 39.7. The first-order chi connectivity index (χ1) is 34.3. The number of halogens is 3. The van der Waals surface area contributed by atoms with Crippen molar-refractivity contribution in [2.75, 3.05) is 85.9 Å². The third kappa shape index (κ3) is 16.6. The highest BCUT2D eigenvalue weighted by Gasteiger charge is 2.48. The Hall–Kier alpha value is -5.35. The van der Waals surface area contributed by atoms with Crippen molar-refractivity contribution in [1.29, 1.82) is 0 Å². The maximum atomic E-state index is 15.3. The monoisotopic (exact) mass is 1030 g/mol. The molecule has 2 unspecified atom stereocenters. The molecule has 25 heteroatoms. The van der Waals surface area contributed by atoms with Crippen LogP contribution in [-0.2, 0) is 55.9 Å². The van der Waals surface area contributed by atoms with Gasteiger partial charge in [-0.05, 0) is 79.5 Å². The number of nitrogens with zero attached hydrogens (tertiary/aromatic N) is 5. The van der Waals surface area contributed by atoms with Crippen molar-refractivity contribution in [1.82, 2.24) is 25.6 Å². The van der Waals surface area contributed by atoms with Crippen LogP contribution in [0.2, 0.25) is 5.02 Å². The molecule has 22 nitrogen and oxygen atoms in total.